The van der Waals surface area contributed by atoms with Crippen molar-refractivity contribution in [2.45, 2.75) is 25.9 Å². The Balaban J connectivity index is 2.07. The average Bonchev–Trinajstić information content (AvgIpc) is 2.81. The number of halogens is 2. The molecule has 0 radical (unpaired) electrons. The third kappa shape index (κ3) is 3.16. The molecule has 18 heavy (non-hydrogen) atoms. The molecule has 2 unspecified atom stereocenters. The summed E-state index contributed by atoms with van der Waals surface area (Å²) in [4.78, 5) is 12.2. The second-order valence-corrected chi connectivity index (χ2v) is 5.92. The summed E-state index contributed by atoms with van der Waals surface area (Å²) in [5.74, 6) is 0.000988. The van der Waals surface area contributed by atoms with Crippen molar-refractivity contribution in [2.24, 2.45) is 5.92 Å². The minimum atomic E-state index is -0.0403. The van der Waals surface area contributed by atoms with Gasteiger partial charge in [0.2, 0.25) is 5.91 Å². The zero-order valence-electron chi connectivity index (χ0n) is 10.1. The number of carbonyl (C=O) groups excluding carboxylic acids is 1. The van der Waals surface area contributed by atoms with Gasteiger partial charge in [0, 0.05) is 15.2 Å². The van der Waals surface area contributed by atoms with Crippen molar-refractivity contribution in [1.82, 2.24) is 0 Å². The van der Waals surface area contributed by atoms with Crippen molar-refractivity contribution >= 4 is 45.8 Å². The van der Waals surface area contributed by atoms with E-state index in [1.807, 2.05) is 19.1 Å². The van der Waals surface area contributed by atoms with Gasteiger partial charge >= 0.3 is 0 Å². The fourth-order valence-corrected chi connectivity index (χ4v) is 3.17. The van der Waals surface area contributed by atoms with Gasteiger partial charge in [-0.15, -0.1) is 0 Å². The summed E-state index contributed by atoms with van der Waals surface area (Å²) in [6, 6.07) is 5.45. The van der Waals surface area contributed by atoms with Crippen molar-refractivity contribution in [3.8, 4) is 0 Å². The quantitative estimate of drug-likeness (QED) is 0.813. The van der Waals surface area contributed by atoms with Gasteiger partial charge in [-0.1, -0.05) is 18.5 Å². The lowest BCUT2D eigenvalue weighted by molar-refractivity contribution is -0.121. The minimum Gasteiger partial charge on any atom is -0.377 e. The van der Waals surface area contributed by atoms with Gasteiger partial charge in [0.25, 0.3) is 0 Å². The van der Waals surface area contributed by atoms with Gasteiger partial charge in [-0.2, -0.15) is 0 Å². The summed E-state index contributed by atoms with van der Waals surface area (Å²) >= 11 is 8.06. The van der Waals surface area contributed by atoms with Gasteiger partial charge in [-0.25, -0.2) is 0 Å². The Morgan fingerprint density at radius 2 is 2.39 bits per heavy atom. The number of hydrogen-bond donors (Lipinski definition) is 1. The lowest BCUT2D eigenvalue weighted by atomic mass is 9.98. The molecule has 1 aliphatic rings. The van der Waals surface area contributed by atoms with Crippen molar-refractivity contribution in [3.05, 3.63) is 26.8 Å². The monoisotopic (exact) mass is 379 g/mol. The molecule has 98 valence electrons. The molecule has 3 nitrogen and oxygen atoms in total. The van der Waals surface area contributed by atoms with E-state index in [9.17, 15) is 4.79 Å². The third-order valence-electron chi connectivity index (χ3n) is 3.14. The van der Waals surface area contributed by atoms with Crippen LogP contribution in [0.3, 0.4) is 0 Å². The van der Waals surface area contributed by atoms with Crippen LogP contribution in [0.25, 0.3) is 0 Å². The molecule has 0 bridgehead atoms. The number of amides is 1. The summed E-state index contributed by atoms with van der Waals surface area (Å²) in [6.45, 7) is 2.72. The van der Waals surface area contributed by atoms with E-state index in [1.165, 1.54) is 0 Å². The molecule has 0 aromatic heterocycles. The fraction of sp³-hybridized carbons (Fsp3) is 0.462. The van der Waals surface area contributed by atoms with Crippen LogP contribution in [0.5, 0.6) is 0 Å². The van der Waals surface area contributed by atoms with Gasteiger partial charge in [-0.3, -0.25) is 4.79 Å². The smallest absolute Gasteiger partial charge is 0.230 e. The largest absolute Gasteiger partial charge is 0.377 e. The molecule has 1 fully saturated rings. The van der Waals surface area contributed by atoms with E-state index in [0.717, 1.165) is 22.1 Å². The van der Waals surface area contributed by atoms with Crippen LogP contribution in [-0.4, -0.2) is 18.6 Å². The van der Waals surface area contributed by atoms with E-state index >= 15 is 0 Å². The van der Waals surface area contributed by atoms with E-state index in [2.05, 4.69) is 27.9 Å². The van der Waals surface area contributed by atoms with E-state index in [1.54, 1.807) is 6.07 Å². The molecule has 1 aromatic carbocycles. The van der Waals surface area contributed by atoms with Crippen LogP contribution in [0.1, 0.15) is 19.8 Å². The van der Waals surface area contributed by atoms with Crippen LogP contribution in [0.4, 0.5) is 5.69 Å². The molecule has 0 aliphatic carbocycles. The first kappa shape index (κ1) is 14.1. The molecule has 0 saturated carbocycles. The standard InChI is InChI=1S/C13H15ClINO2/c1-2-12-9(5-6-18-12)13(17)16-11-4-3-8(14)7-10(11)15/h3-4,7,9,12H,2,5-6H2,1H3,(H,16,17). The van der Waals surface area contributed by atoms with Crippen molar-refractivity contribution in [1.29, 1.82) is 0 Å². The molecule has 2 rings (SSSR count). The SMILES string of the molecule is CCC1OCCC1C(=O)Nc1ccc(Cl)cc1I. The van der Waals surface area contributed by atoms with Gasteiger partial charge < -0.3 is 10.1 Å². The van der Waals surface area contributed by atoms with Crippen molar-refractivity contribution in [2.75, 3.05) is 11.9 Å². The van der Waals surface area contributed by atoms with E-state index < -0.39 is 0 Å². The van der Waals surface area contributed by atoms with Crippen LogP contribution in [-0.2, 0) is 9.53 Å². The van der Waals surface area contributed by atoms with Crippen LogP contribution < -0.4 is 5.32 Å². The summed E-state index contributed by atoms with van der Waals surface area (Å²) in [5.41, 5.74) is 0.812. The summed E-state index contributed by atoms with van der Waals surface area (Å²) in [6.07, 6.45) is 1.72. The molecule has 2 atom stereocenters. The Morgan fingerprint density at radius 1 is 1.61 bits per heavy atom. The molecule has 1 aliphatic heterocycles. The van der Waals surface area contributed by atoms with E-state index in [0.29, 0.717) is 11.6 Å². The van der Waals surface area contributed by atoms with Crippen LogP contribution in [0.2, 0.25) is 5.02 Å². The molecule has 5 heteroatoms. The predicted octanol–water partition coefficient (Wildman–Crippen LogP) is 3.70. The number of nitrogens with one attached hydrogen (secondary N) is 1. The van der Waals surface area contributed by atoms with Crippen LogP contribution >= 0.6 is 34.2 Å². The van der Waals surface area contributed by atoms with Crippen molar-refractivity contribution in [3.63, 3.8) is 0 Å². The highest BCUT2D eigenvalue weighted by atomic mass is 127. The average molecular weight is 380 g/mol. The molecule has 1 heterocycles. The second kappa shape index (κ2) is 6.21. The van der Waals surface area contributed by atoms with Gasteiger partial charge in [-0.05, 0) is 53.6 Å². The Bertz CT molecular complexity index is 453. The summed E-state index contributed by atoms with van der Waals surface area (Å²) < 4.78 is 6.48. The van der Waals surface area contributed by atoms with E-state index in [-0.39, 0.29) is 17.9 Å². The Hall–Kier alpha value is -0.330. The van der Waals surface area contributed by atoms with Gasteiger partial charge in [0.1, 0.15) is 0 Å². The van der Waals surface area contributed by atoms with Crippen LogP contribution in [0, 0.1) is 9.49 Å². The Morgan fingerprint density at radius 3 is 3.06 bits per heavy atom. The first-order valence-corrected chi connectivity index (χ1v) is 7.45. The highest BCUT2D eigenvalue weighted by molar-refractivity contribution is 14.1. The fourth-order valence-electron chi connectivity index (χ4n) is 2.17. The normalized spacial score (nSPS) is 23.1. The summed E-state index contributed by atoms with van der Waals surface area (Å²) in [7, 11) is 0. The molecular weight excluding hydrogens is 365 g/mol. The highest BCUT2D eigenvalue weighted by Crippen LogP contribution is 2.27. The molecular formula is C13H15ClINO2. The number of hydrogen-bond acceptors (Lipinski definition) is 2. The zero-order chi connectivity index (χ0) is 13.1. The molecule has 1 amide bonds. The number of carbonyl (C=O) groups is 1. The first-order valence-electron chi connectivity index (χ1n) is 5.99. The third-order valence-corrected chi connectivity index (χ3v) is 4.27. The van der Waals surface area contributed by atoms with Gasteiger partial charge in [0.05, 0.1) is 17.7 Å². The maximum atomic E-state index is 12.2. The Labute approximate surface area is 125 Å². The van der Waals surface area contributed by atoms with E-state index in [4.69, 9.17) is 16.3 Å². The van der Waals surface area contributed by atoms with Crippen LogP contribution in [0.15, 0.2) is 18.2 Å². The second-order valence-electron chi connectivity index (χ2n) is 4.33. The number of anilines is 1. The lowest BCUT2D eigenvalue weighted by Crippen LogP contribution is -2.29. The maximum absolute atomic E-state index is 12.2. The Kier molecular flexibility index (Phi) is 4.86. The molecule has 1 N–H and O–H groups in total. The zero-order valence-corrected chi connectivity index (χ0v) is 13.0. The molecule has 1 saturated heterocycles. The topological polar surface area (TPSA) is 38.3 Å². The maximum Gasteiger partial charge on any atom is 0.230 e. The highest BCUT2D eigenvalue weighted by Gasteiger charge is 2.32. The van der Waals surface area contributed by atoms with Gasteiger partial charge in [0.15, 0.2) is 0 Å². The number of rotatable bonds is 3. The van der Waals surface area contributed by atoms with Crippen molar-refractivity contribution < 1.29 is 9.53 Å². The summed E-state index contributed by atoms with van der Waals surface area (Å²) in [5, 5.41) is 3.63. The first-order chi connectivity index (χ1) is 8.61. The lowest BCUT2D eigenvalue weighted by Gasteiger charge is -2.17. The predicted molar refractivity (Wildman–Crippen MR) is 80.9 cm³/mol. The molecule has 1 aromatic rings. The number of benzene rings is 1. The minimum absolute atomic E-state index is 0.0403. The number of ether oxygens (including phenoxy) is 1. The molecule has 0 spiro atoms.